The summed E-state index contributed by atoms with van der Waals surface area (Å²) >= 11 is 0. The highest BCUT2D eigenvalue weighted by atomic mass is 19.3. The second-order valence-corrected chi connectivity index (χ2v) is 15.2. The predicted octanol–water partition coefficient (Wildman–Crippen LogP) is 6.16. The fourth-order valence-corrected chi connectivity index (χ4v) is 7.18. The minimum Gasteiger partial charge on any atom is -0.344 e. The molecule has 348 valence electrons. The Hall–Kier alpha value is -6.31. The summed E-state index contributed by atoms with van der Waals surface area (Å²) in [5.41, 5.74) is 6.29. The molecule has 2 heterocycles. The lowest BCUT2D eigenvalue weighted by atomic mass is 10.1. The first-order valence-electron chi connectivity index (χ1n) is 21.1. The number of benzene rings is 4. The van der Waals surface area contributed by atoms with Crippen LogP contribution in [0.2, 0.25) is 0 Å². The van der Waals surface area contributed by atoms with E-state index in [1.807, 2.05) is 6.92 Å². The minimum atomic E-state index is -3.27. The van der Waals surface area contributed by atoms with Crippen LogP contribution in [0.4, 0.5) is 47.3 Å². The smallest absolute Gasteiger partial charge is 0.324 e. The predicted molar refractivity (Wildman–Crippen MR) is 233 cm³/mol. The number of urea groups is 2. The van der Waals surface area contributed by atoms with Gasteiger partial charge in [-0.05, 0) is 61.6 Å². The van der Waals surface area contributed by atoms with E-state index in [1.54, 1.807) is 27.2 Å². The zero-order chi connectivity index (χ0) is 47.2. The molecule has 2 saturated heterocycles. The van der Waals surface area contributed by atoms with Gasteiger partial charge in [0.05, 0.1) is 26.2 Å². The number of nitrogens with two attached hydrogens (primary N) is 1. The van der Waals surface area contributed by atoms with Gasteiger partial charge < -0.3 is 30.7 Å². The fraction of sp³-hybridized carbons (Fsp3) is 0.370. The molecule has 65 heavy (non-hydrogen) atoms. The van der Waals surface area contributed by atoms with Crippen LogP contribution in [0.5, 0.6) is 0 Å². The molecule has 0 saturated carbocycles. The first-order valence-corrected chi connectivity index (χ1v) is 21.1. The van der Waals surface area contributed by atoms with Gasteiger partial charge in [0, 0.05) is 86.0 Å². The maximum absolute atomic E-state index is 14.9. The van der Waals surface area contributed by atoms with Gasteiger partial charge in [-0.2, -0.15) is 8.78 Å². The number of amides is 5. The average Bonchev–Trinajstić information content (AvgIpc) is 3.31. The van der Waals surface area contributed by atoms with E-state index in [0.717, 1.165) is 38.3 Å². The minimum absolute atomic E-state index is 0.0722. The third kappa shape index (κ3) is 13.6. The van der Waals surface area contributed by atoms with Crippen molar-refractivity contribution in [2.24, 2.45) is 5.73 Å². The van der Waals surface area contributed by atoms with E-state index < -0.39 is 54.0 Å². The van der Waals surface area contributed by atoms with Gasteiger partial charge in [0.2, 0.25) is 0 Å². The van der Waals surface area contributed by atoms with E-state index >= 15 is 0 Å². The standard InChI is InChI=1S/C24H26F4N4O3.C22H26F2N4O2/c1-2-30-8-10-31(11-9-30)24(35)32(19-5-3-4-18(25)13-19)15-17-7-6-16(12-20(17)26)21(33)14-29-23(34)22(27)28;1-2-26-8-10-27(11-9-26)22(30)28(19-5-3-4-18(23)13-19)15-17-7-6-16(12-20(17)24)21(29)14-25/h3-7,12-13,22H,2,8-11,14-15H2,1H3,(H,29,34);3-7,12-13H,2,8-11,14-15,25H2,1H3. The van der Waals surface area contributed by atoms with Gasteiger partial charge in [-0.15, -0.1) is 0 Å². The molecule has 2 fully saturated rings. The summed E-state index contributed by atoms with van der Waals surface area (Å²) in [5.74, 6) is -5.17. The lowest BCUT2D eigenvalue weighted by Crippen LogP contribution is -2.52. The van der Waals surface area contributed by atoms with E-state index in [2.05, 4.69) is 16.7 Å². The Labute approximate surface area is 373 Å². The van der Waals surface area contributed by atoms with Crippen LogP contribution in [-0.2, 0) is 17.9 Å². The molecular formula is C46H52F6N8O5. The Morgan fingerprint density at radius 3 is 1.37 bits per heavy atom. The van der Waals surface area contributed by atoms with Crippen molar-refractivity contribution in [1.29, 1.82) is 0 Å². The van der Waals surface area contributed by atoms with Crippen molar-refractivity contribution in [2.45, 2.75) is 33.4 Å². The summed E-state index contributed by atoms with van der Waals surface area (Å²) in [6, 6.07) is 18.0. The van der Waals surface area contributed by atoms with Crippen LogP contribution in [0, 0.1) is 23.3 Å². The first-order chi connectivity index (χ1) is 31.1. The van der Waals surface area contributed by atoms with Crippen molar-refractivity contribution in [3.63, 3.8) is 0 Å². The van der Waals surface area contributed by atoms with E-state index in [-0.39, 0.29) is 59.4 Å². The topological polar surface area (TPSA) is 143 Å². The zero-order valence-electron chi connectivity index (χ0n) is 36.1. The average molecular weight is 911 g/mol. The van der Waals surface area contributed by atoms with Crippen molar-refractivity contribution in [2.75, 3.05) is 88.3 Å². The molecule has 0 aromatic heterocycles. The molecule has 0 radical (unpaired) electrons. The summed E-state index contributed by atoms with van der Waals surface area (Å²) in [4.78, 5) is 71.8. The largest absolute Gasteiger partial charge is 0.344 e. The van der Waals surface area contributed by atoms with Crippen LogP contribution >= 0.6 is 0 Å². The number of likely N-dealkylation sites (N-methyl/N-ethyl adjacent to an activating group) is 2. The Balaban J connectivity index is 0.000000247. The highest BCUT2D eigenvalue weighted by molar-refractivity contribution is 6.00. The Bertz CT molecular complexity index is 2310. The number of halogens is 6. The number of carbonyl (C=O) groups is 5. The monoisotopic (exact) mass is 910 g/mol. The Morgan fingerprint density at radius 1 is 0.600 bits per heavy atom. The number of alkyl halides is 2. The van der Waals surface area contributed by atoms with Crippen LogP contribution in [0.1, 0.15) is 45.7 Å². The molecule has 13 nitrogen and oxygen atoms in total. The number of Topliss-reactive ketones (excluding diaryl/α,β-unsaturated/α-hetero) is 2. The molecule has 0 aliphatic carbocycles. The van der Waals surface area contributed by atoms with E-state index in [0.29, 0.717) is 45.0 Å². The molecular weight excluding hydrogens is 859 g/mol. The lowest BCUT2D eigenvalue weighted by Gasteiger charge is -2.37. The molecule has 0 atom stereocenters. The number of rotatable bonds is 14. The fourth-order valence-electron chi connectivity index (χ4n) is 7.18. The second kappa shape index (κ2) is 23.6. The normalized spacial score (nSPS) is 14.4. The summed E-state index contributed by atoms with van der Waals surface area (Å²) in [6.07, 6.45) is -3.27. The van der Waals surface area contributed by atoms with Gasteiger partial charge in [-0.1, -0.05) is 50.2 Å². The van der Waals surface area contributed by atoms with Gasteiger partial charge in [0.15, 0.2) is 11.6 Å². The maximum Gasteiger partial charge on any atom is 0.324 e. The number of hydrogen-bond acceptors (Lipinski definition) is 8. The molecule has 5 amide bonds. The van der Waals surface area contributed by atoms with E-state index in [9.17, 15) is 50.3 Å². The third-order valence-corrected chi connectivity index (χ3v) is 11.1. The SMILES string of the molecule is CCN1CCN(C(=O)N(Cc2ccc(C(=O)CN)cc2F)c2cccc(F)c2)CC1.CCN1CCN(C(=O)N(Cc2ccc(C(=O)CNC(=O)C(F)F)cc2F)c2cccc(F)c2)CC1. The molecule has 19 heteroatoms. The molecule has 2 aliphatic heterocycles. The summed E-state index contributed by atoms with van der Waals surface area (Å²) in [6.45, 7) is 9.55. The Kier molecular flexibility index (Phi) is 18.0. The number of nitrogens with one attached hydrogen (secondary N) is 1. The van der Waals surface area contributed by atoms with Crippen molar-refractivity contribution in [1.82, 2.24) is 24.9 Å². The van der Waals surface area contributed by atoms with Crippen LogP contribution in [0.25, 0.3) is 0 Å². The molecule has 6 rings (SSSR count). The van der Waals surface area contributed by atoms with Gasteiger partial charge in [-0.25, -0.2) is 27.2 Å². The number of nitrogens with zero attached hydrogens (tertiary/aromatic N) is 6. The van der Waals surface area contributed by atoms with Crippen molar-refractivity contribution >= 4 is 40.9 Å². The molecule has 0 unspecified atom stereocenters. The molecule has 0 spiro atoms. The number of hydrogen-bond donors (Lipinski definition) is 2. The number of piperazine rings is 2. The summed E-state index contributed by atoms with van der Waals surface area (Å²) in [7, 11) is 0. The first kappa shape index (κ1) is 49.7. The highest BCUT2D eigenvalue weighted by Crippen LogP contribution is 2.25. The second-order valence-electron chi connectivity index (χ2n) is 15.2. The number of anilines is 2. The third-order valence-electron chi connectivity index (χ3n) is 11.1. The zero-order valence-corrected chi connectivity index (χ0v) is 36.1. The highest BCUT2D eigenvalue weighted by Gasteiger charge is 2.29. The van der Waals surface area contributed by atoms with E-state index in [1.165, 1.54) is 70.5 Å². The lowest BCUT2D eigenvalue weighted by molar-refractivity contribution is -0.131. The van der Waals surface area contributed by atoms with Gasteiger partial charge in [0.1, 0.15) is 23.3 Å². The number of carbonyl (C=O) groups excluding carboxylic acids is 5. The molecule has 3 N–H and O–H groups in total. The molecule has 2 aliphatic rings. The van der Waals surface area contributed by atoms with Crippen LogP contribution in [0.15, 0.2) is 84.9 Å². The maximum atomic E-state index is 14.9. The van der Waals surface area contributed by atoms with Gasteiger partial charge in [0.25, 0.3) is 5.91 Å². The van der Waals surface area contributed by atoms with Gasteiger partial charge in [-0.3, -0.25) is 24.2 Å². The molecule has 0 bridgehead atoms. The molecule has 4 aromatic rings. The molecule has 4 aromatic carbocycles. The van der Waals surface area contributed by atoms with E-state index in [4.69, 9.17) is 5.73 Å². The summed E-state index contributed by atoms with van der Waals surface area (Å²) < 4.78 is 81.9. The van der Waals surface area contributed by atoms with Crippen molar-refractivity contribution < 1.29 is 50.3 Å². The summed E-state index contributed by atoms with van der Waals surface area (Å²) in [5, 5.41) is 1.77. The van der Waals surface area contributed by atoms with Crippen LogP contribution < -0.4 is 20.9 Å². The quantitative estimate of drug-likeness (QED) is 0.113. The van der Waals surface area contributed by atoms with Crippen LogP contribution in [0.3, 0.4) is 0 Å². The van der Waals surface area contributed by atoms with Crippen LogP contribution in [-0.4, -0.2) is 134 Å². The number of ketones is 2. The van der Waals surface area contributed by atoms with Gasteiger partial charge >= 0.3 is 18.5 Å². The van der Waals surface area contributed by atoms with Crippen molar-refractivity contribution in [3.05, 3.63) is 130 Å². The van der Waals surface area contributed by atoms with Crippen molar-refractivity contribution in [3.8, 4) is 0 Å². The Morgan fingerprint density at radius 2 is 1.02 bits per heavy atom.